The summed E-state index contributed by atoms with van der Waals surface area (Å²) >= 11 is 0. The number of hydrogen-bond donors (Lipinski definition) is 0. The highest BCUT2D eigenvalue weighted by atomic mass is 16.2. The van der Waals surface area contributed by atoms with Crippen molar-refractivity contribution in [3.63, 3.8) is 0 Å². The van der Waals surface area contributed by atoms with E-state index in [-0.39, 0.29) is 18.2 Å². The Bertz CT molecular complexity index is 1180. The minimum Gasteiger partial charge on any atom is -0.306 e. The first-order valence-electron chi connectivity index (χ1n) is 10.6. The number of piperidine rings is 1. The molecule has 34 heavy (non-hydrogen) atoms. The second-order valence-corrected chi connectivity index (χ2v) is 7.98. The predicted octanol–water partition coefficient (Wildman–Crippen LogP) is 3.22. The van der Waals surface area contributed by atoms with E-state index in [1.54, 1.807) is 6.20 Å². The lowest BCUT2D eigenvalue weighted by Gasteiger charge is -2.36. The van der Waals surface area contributed by atoms with E-state index in [2.05, 4.69) is 47.3 Å². The van der Waals surface area contributed by atoms with Crippen LogP contribution in [0.2, 0.25) is 0 Å². The molecule has 5 rings (SSSR count). The maximum absolute atomic E-state index is 13.7. The van der Waals surface area contributed by atoms with Gasteiger partial charge in [0.1, 0.15) is 5.82 Å². The van der Waals surface area contributed by atoms with Crippen LogP contribution in [0.3, 0.4) is 0 Å². The Labute approximate surface area is 196 Å². The van der Waals surface area contributed by atoms with Crippen LogP contribution in [-0.4, -0.2) is 48.2 Å². The summed E-state index contributed by atoms with van der Waals surface area (Å²) in [5.74, 6) is 0.964. The molecule has 0 bridgehead atoms. The third kappa shape index (κ3) is 4.75. The highest BCUT2D eigenvalue weighted by Gasteiger charge is 2.52. The fourth-order valence-electron chi connectivity index (χ4n) is 4.53. The summed E-state index contributed by atoms with van der Waals surface area (Å²) in [6, 6.07) is 22.6. The molecule has 1 amide bonds. The average molecular weight is 457 g/mol. The molecule has 8 heteroatoms. The van der Waals surface area contributed by atoms with Crippen molar-refractivity contribution in [1.82, 2.24) is 9.88 Å². The van der Waals surface area contributed by atoms with Crippen molar-refractivity contribution in [3.05, 3.63) is 78.5 Å². The van der Waals surface area contributed by atoms with Gasteiger partial charge in [-0.15, -0.1) is 0 Å². The zero-order valence-corrected chi connectivity index (χ0v) is 18.6. The number of fused-ring (bicyclic) bond motifs is 2. The van der Waals surface area contributed by atoms with Gasteiger partial charge in [-0.25, -0.2) is 4.98 Å². The van der Waals surface area contributed by atoms with Gasteiger partial charge >= 0.3 is 12.3 Å². The Morgan fingerprint density at radius 1 is 0.794 bits per heavy atom. The topological polar surface area (TPSA) is 105 Å². The van der Waals surface area contributed by atoms with E-state index in [0.29, 0.717) is 0 Å². The Kier molecular flexibility index (Phi) is 7.96. The first-order valence-corrected chi connectivity index (χ1v) is 10.6. The molecule has 8 nitrogen and oxygen atoms in total. The summed E-state index contributed by atoms with van der Waals surface area (Å²) in [5.41, 5.74) is 3.85. The van der Waals surface area contributed by atoms with Crippen LogP contribution >= 0.6 is 0 Å². The molecule has 2 aliphatic rings. The molecular formula is C26H23N3O5. The van der Waals surface area contributed by atoms with Crippen molar-refractivity contribution in [2.24, 2.45) is 0 Å². The molecule has 0 aliphatic carbocycles. The molecule has 3 aromatic rings. The number of benzene rings is 2. The number of pyridine rings is 1. The molecule has 0 unspecified atom stereocenters. The number of carbonyl (C=O) groups excluding carboxylic acids is 5. The van der Waals surface area contributed by atoms with Crippen LogP contribution in [0.4, 0.5) is 11.5 Å². The van der Waals surface area contributed by atoms with Crippen molar-refractivity contribution in [2.45, 2.75) is 18.3 Å². The zero-order valence-electron chi connectivity index (χ0n) is 18.6. The van der Waals surface area contributed by atoms with Crippen LogP contribution in [0, 0.1) is 0 Å². The summed E-state index contributed by atoms with van der Waals surface area (Å²) in [6.07, 6.45) is 3.98. The normalized spacial score (nSPS) is 15.7. The Morgan fingerprint density at radius 3 is 1.94 bits per heavy atom. The van der Waals surface area contributed by atoms with Crippen LogP contribution in [0.1, 0.15) is 18.4 Å². The lowest BCUT2D eigenvalue weighted by atomic mass is 9.74. The molecule has 2 aromatic carbocycles. The SMILES string of the molecule is CN1CCC2(CC1)C(=O)N(c1ccc(-c3ccccc3)cc1)c1ncccc12.O=C=O.O=C=O. The fourth-order valence-corrected chi connectivity index (χ4v) is 4.53. The number of anilines is 2. The fraction of sp³-hybridized carbons (Fsp3) is 0.231. The van der Waals surface area contributed by atoms with Gasteiger partial charge in [0.2, 0.25) is 5.91 Å². The molecular weight excluding hydrogens is 434 g/mol. The van der Waals surface area contributed by atoms with Crippen molar-refractivity contribution >= 4 is 29.7 Å². The van der Waals surface area contributed by atoms with E-state index in [1.165, 1.54) is 5.56 Å². The number of likely N-dealkylation sites (tertiary alicyclic amines) is 1. The molecule has 1 saturated heterocycles. The maximum atomic E-state index is 13.7. The van der Waals surface area contributed by atoms with Gasteiger partial charge in [0, 0.05) is 11.8 Å². The molecule has 3 heterocycles. The van der Waals surface area contributed by atoms with E-state index in [4.69, 9.17) is 19.2 Å². The van der Waals surface area contributed by atoms with Crippen LogP contribution in [-0.2, 0) is 29.4 Å². The molecule has 0 atom stereocenters. The van der Waals surface area contributed by atoms with Crippen molar-refractivity contribution in [1.29, 1.82) is 0 Å². The van der Waals surface area contributed by atoms with E-state index in [0.717, 1.165) is 48.6 Å². The van der Waals surface area contributed by atoms with Gasteiger partial charge < -0.3 is 4.90 Å². The Balaban J connectivity index is 0.000000492. The number of amides is 1. The number of carbonyl (C=O) groups is 1. The quantitative estimate of drug-likeness (QED) is 0.582. The second-order valence-electron chi connectivity index (χ2n) is 7.98. The largest absolute Gasteiger partial charge is 0.373 e. The molecule has 1 aromatic heterocycles. The lowest BCUT2D eigenvalue weighted by Crippen LogP contribution is -2.46. The van der Waals surface area contributed by atoms with Crippen LogP contribution in [0.15, 0.2) is 72.9 Å². The summed E-state index contributed by atoms with van der Waals surface area (Å²) < 4.78 is 0. The molecule has 2 aliphatic heterocycles. The van der Waals surface area contributed by atoms with E-state index in [1.807, 2.05) is 41.3 Å². The molecule has 1 spiro atoms. The van der Waals surface area contributed by atoms with Gasteiger partial charge in [0.15, 0.2) is 0 Å². The van der Waals surface area contributed by atoms with E-state index >= 15 is 0 Å². The summed E-state index contributed by atoms with van der Waals surface area (Å²) in [5, 5.41) is 0. The predicted molar refractivity (Wildman–Crippen MR) is 122 cm³/mol. The summed E-state index contributed by atoms with van der Waals surface area (Å²) in [7, 11) is 2.12. The Morgan fingerprint density at radius 2 is 1.35 bits per heavy atom. The van der Waals surface area contributed by atoms with Crippen molar-refractivity contribution in [2.75, 3.05) is 25.0 Å². The van der Waals surface area contributed by atoms with E-state index < -0.39 is 5.41 Å². The lowest BCUT2D eigenvalue weighted by molar-refractivity contribution is -0.193. The molecule has 0 radical (unpaired) electrons. The smallest absolute Gasteiger partial charge is 0.306 e. The highest BCUT2D eigenvalue weighted by molar-refractivity contribution is 6.12. The van der Waals surface area contributed by atoms with Gasteiger partial charge in [-0.2, -0.15) is 19.2 Å². The highest BCUT2D eigenvalue weighted by Crippen LogP contribution is 2.49. The summed E-state index contributed by atoms with van der Waals surface area (Å²) in [4.78, 5) is 54.9. The van der Waals surface area contributed by atoms with Crippen molar-refractivity contribution < 1.29 is 24.0 Å². The zero-order chi connectivity index (χ0) is 24.6. The van der Waals surface area contributed by atoms with Gasteiger partial charge in [0.05, 0.1) is 11.1 Å². The average Bonchev–Trinajstić information content (AvgIpc) is 3.10. The first-order chi connectivity index (χ1) is 16.5. The van der Waals surface area contributed by atoms with E-state index in [9.17, 15) is 4.79 Å². The van der Waals surface area contributed by atoms with Crippen LogP contribution in [0.5, 0.6) is 0 Å². The maximum Gasteiger partial charge on any atom is 0.373 e. The molecule has 1 fully saturated rings. The minimum atomic E-state index is -0.436. The molecule has 172 valence electrons. The third-order valence-electron chi connectivity index (χ3n) is 6.20. The van der Waals surface area contributed by atoms with Crippen LogP contribution < -0.4 is 4.90 Å². The van der Waals surface area contributed by atoms with Crippen molar-refractivity contribution in [3.8, 4) is 11.1 Å². The van der Waals surface area contributed by atoms with Crippen LogP contribution in [0.25, 0.3) is 11.1 Å². The van der Waals surface area contributed by atoms with Gasteiger partial charge in [0.25, 0.3) is 0 Å². The Hall–Kier alpha value is -4.22. The standard InChI is InChI=1S/C24H23N3O.2CO2/c1-26-16-13-24(14-17-26)21-8-5-15-25-22(21)27(23(24)28)20-11-9-19(10-12-20)18-6-3-2-4-7-18;2*2-1-3/h2-12,15H,13-14,16-17H2,1H3;;. The van der Waals surface area contributed by atoms with Gasteiger partial charge in [-0.1, -0.05) is 48.5 Å². The number of aromatic nitrogens is 1. The number of hydrogen-bond acceptors (Lipinski definition) is 7. The molecule has 0 N–H and O–H groups in total. The first kappa shape index (κ1) is 24.4. The van der Waals surface area contributed by atoms with Gasteiger partial charge in [-0.3, -0.25) is 9.69 Å². The van der Waals surface area contributed by atoms with Gasteiger partial charge in [-0.05, 0) is 62.3 Å². The number of rotatable bonds is 2. The monoisotopic (exact) mass is 457 g/mol. The third-order valence-corrected chi connectivity index (χ3v) is 6.20. The molecule has 0 saturated carbocycles. The minimum absolute atomic E-state index is 0.168. The summed E-state index contributed by atoms with van der Waals surface area (Å²) in [6.45, 7) is 1.86. The second kappa shape index (κ2) is 11.1. The number of nitrogens with zero attached hydrogens (tertiary/aromatic N) is 3.